The summed E-state index contributed by atoms with van der Waals surface area (Å²) in [6.07, 6.45) is 0. The van der Waals surface area contributed by atoms with Crippen LogP contribution < -0.4 is 25.8 Å². The number of rotatable bonds is 8. The molecule has 1 heterocycles. The summed E-state index contributed by atoms with van der Waals surface area (Å²) in [6, 6.07) is 24.5. The van der Waals surface area contributed by atoms with E-state index in [4.69, 9.17) is 27.4 Å². The average molecular weight is 460 g/mol. The third kappa shape index (κ3) is 5.15. The van der Waals surface area contributed by atoms with Gasteiger partial charge in [-0.15, -0.1) is 0 Å². The molecule has 0 fully saturated rings. The zero-order valence-corrected chi connectivity index (χ0v) is 19.0. The lowest BCUT2D eigenvalue weighted by Gasteiger charge is -2.31. The Hall–Kier alpha value is -3.84. The lowest BCUT2D eigenvalue weighted by atomic mass is 9.92. The van der Waals surface area contributed by atoms with Gasteiger partial charge in [0.2, 0.25) is 5.91 Å². The second-order valence-corrected chi connectivity index (χ2v) is 7.87. The minimum absolute atomic E-state index is 0.398. The molecule has 7 heteroatoms. The van der Waals surface area contributed by atoms with E-state index in [9.17, 15) is 4.79 Å². The molecule has 0 spiro atoms. The highest BCUT2D eigenvalue weighted by Crippen LogP contribution is 2.36. The van der Waals surface area contributed by atoms with Crippen molar-refractivity contribution in [2.75, 3.05) is 6.61 Å². The molecule has 0 aliphatic carbocycles. The van der Waals surface area contributed by atoms with Crippen molar-refractivity contribution in [2.24, 2.45) is 5.73 Å². The second kappa shape index (κ2) is 10.2. The third-order valence-electron chi connectivity index (χ3n) is 5.24. The summed E-state index contributed by atoms with van der Waals surface area (Å²) in [5, 5.41) is 6.68. The van der Waals surface area contributed by atoms with Gasteiger partial charge in [-0.25, -0.2) is 0 Å². The molecule has 33 heavy (non-hydrogen) atoms. The molecular weight excluding hydrogens is 434 g/mol. The predicted molar refractivity (Wildman–Crippen MR) is 133 cm³/mol. The normalized spacial score (nSPS) is 15.4. The standard InChI is InChI=1S/C26H25N3O3S/c1-2-31-21-15-19(13-14-20(21)32-16-17-9-5-3-6-10-17)24-22(25(27)30)23(28-26(33)29-24)18-11-7-4-8-12-18/h3-15,24H,2,16H2,1H3,(H2,27,30)(H2,28,29,33)/t24-/m1/s1. The molecule has 4 N–H and O–H groups in total. The molecule has 0 aromatic heterocycles. The minimum Gasteiger partial charge on any atom is -0.490 e. The Bertz CT molecular complexity index is 1180. The van der Waals surface area contributed by atoms with E-state index in [1.165, 1.54) is 0 Å². The van der Waals surface area contributed by atoms with Crippen molar-refractivity contribution in [3.63, 3.8) is 0 Å². The van der Waals surface area contributed by atoms with Crippen molar-refractivity contribution in [3.8, 4) is 11.5 Å². The van der Waals surface area contributed by atoms with Gasteiger partial charge in [0.05, 0.1) is 23.9 Å². The molecule has 1 aliphatic rings. The fourth-order valence-electron chi connectivity index (χ4n) is 3.74. The van der Waals surface area contributed by atoms with Gasteiger partial charge in [0.1, 0.15) is 6.61 Å². The first kappa shape index (κ1) is 22.4. The molecule has 6 nitrogen and oxygen atoms in total. The molecule has 4 rings (SSSR count). The van der Waals surface area contributed by atoms with E-state index >= 15 is 0 Å². The van der Waals surface area contributed by atoms with Crippen LogP contribution in [0.15, 0.2) is 84.4 Å². The van der Waals surface area contributed by atoms with Crippen LogP contribution in [-0.4, -0.2) is 17.6 Å². The summed E-state index contributed by atoms with van der Waals surface area (Å²) in [5.41, 5.74) is 9.50. The van der Waals surface area contributed by atoms with Crippen molar-refractivity contribution < 1.29 is 14.3 Å². The van der Waals surface area contributed by atoms with Crippen LogP contribution in [0.4, 0.5) is 0 Å². The molecule has 0 unspecified atom stereocenters. The van der Waals surface area contributed by atoms with Crippen molar-refractivity contribution in [1.29, 1.82) is 0 Å². The zero-order valence-electron chi connectivity index (χ0n) is 18.2. The summed E-state index contributed by atoms with van der Waals surface area (Å²) in [4.78, 5) is 12.6. The number of nitrogens with two attached hydrogens (primary N) is 1. The highest BCUT2D eigenvalue weighted by atomic mass is 32.1. The maximum Gasteiger partial charge on any atom is 0.249 e. The fraction of sp³-hybridized carbons (Fsp3) is 0.154. The predicted octanol–water partition coefficient (Wildman–Crippen LogP) is 4.08. The lowest BCUT2D eigenvalue weighted by molar-refractivity contribution is -0.114. The first-order valence-corrected chi connectivity index (χ1v) is 11.1. The van der Waals surface area contributed by atoms with Gasteiger partial charge in [0.25, 0.3) is 0 Å². The van der Waals surface area contributed by atoms with Gasteiger partial charge >= 0.3 is 0 Å². The maximum absolute atomic E-state index is 12.6. The maximum atomic E-state index is 12.6. The summed E-state index contributed by atoms with van der Waals surface area (Å²) in [5.74, 6) is 0.667. The number of carbonyl (C=O) groups excluding carboxylic acids is 1. The van der Waals surface area contributed by atoms with E-state index in [-0.39, 0.29) is 0 Å². The Morgan fingerprint density at radius 1 is 0.970 bits per heavy atom. The highest BCUT2D eigenvalue weighted by molar-refractivity contribution is 7.80. The smallest absolute Gasteiger partial charge is 0.249 e. The quantitative estimate of drug-likeness (QED) is 0.440. The summed E-state index contributed by atoms with van der Waals surface area (Å²) < 4.78 is 11.9. The Kier molecular flexibility index (Phi) is 6.90. The molecule has 3 aromatic carbocycles. The van der Waals surface area contributed by atoms with Gasteiger partial charge in [-0.3, -0.25) is 4.79 Å². The Balaban J connectivity index is 1.71. The molecule has 1 aliphatic heterocycles. The SMILES string of the molecule is CCOc1cc([C@H]2NC(=S)NC(c3ccccc3)=C2C(N)=O)ccc1OCc1ccccc1. The van der Waals surface area contributed by atoms with Gasteiger partial charge in [-0.05, 0) is 48.0 Å². The highest BCUT2D eigenvalue weighted by Gasteiger charge is 2.31. The lowest BCUT2D eigenvalue weighted by Crippen LogP contribution is -2.46. The van der Waals surface area contributed by atoms with Crippen molar-refractivity contribution >= 4 is 28.9 Å². The zero-order chi connectivity index (χ0) is 23.2. The first-order chi connectivity index (χ1) is 16.1. The topological polar surface area (TPSA) is 85.6 Å². The molecule has 168 valence electrons. The van der Waals surface area contributed by atoms with Crippen LogP contribution in [0.5, 0.6) is 11.5 Å². The summed E-state index contributed by atoms with van der Waals surface area (Å²) in [7, 11) is 0. The van der Waals surface area contributed by atoms with Crippen LogP contribution in [0.3, 0.4) is 0 Å². The summed E-state index contributed by atoms with van der Waals surface area (Å²) in [6.45, 7) is 2.80. The molecule has 1 atom stereocenters. The molecule has 0 bridgehead atoms. The Morgan fingerprint density at radius 2 is 1.67 bits per heavy atom. The van der Waals surface area contributed by atoms with Gasteiger partial charge in [-0.2, -0.15) is 0 Å². The largest absolute Gasteiger partial charge is 0.490 e. The number of benzene rings is 3. The van der Waals surface area contributed by atoms with Gasteiger partial charge in [-0.1, -0.05) is 66.7 Å². The molecule has 0 radical (unpaired) electrons. The van der Waals surface area contributed by atoms with Crippen LogP contribution in [-0.2, 0) is 11.4 Å². The minimum atomic E-state index is -0.538. The molecule has 0 saturated heterocycles. The first-order valence-electron chi connectivity index (χ1n) is 10.7. The van der Waals surface area contributed by atoms with Gasteiger partial charge < -0.3 is 25.8 Å². The number of amides is 1. The third-order valence-corrected chi connectivity index (χ3v) is 5.46. The number of ether oxygens (including phenoxy) is 2. The molecule has 0 saturated carbocycles. The molecular formula is C26H25N3O3S. The van der Waals surface area contributed by atoms with E-state index in [2.05, 4.69) is 10.6 Å². The van der Waals surface area contributed by atoms with E-state index in [1.54, 1.807) is 0 Å². The van der Waals surface area contributed by atoms with E-state index < -0.39 is 11.9 Å². The van der Waals surface area contributed by atoms with Crippen LogP contribution in [0.2, 0.25) is 0 Å². The van der Waals surface area contributed by atoms with E-state index in [0.29, 0.717) is 41.1 Å². The molecule has 3 aromatic rings. The number of primary amides is 1. The number of hydrogen-bond donors (Lipinski definition) is 3. The number of nitrogens with one attached hydrogen (secondary N) is 2. The molecule has 1 amide bonds. The van der Waals surface area contributed by atoms with Crippen molar-refractivity contribution in [1.82, 2.24) is 10.6 Å². The van der Waals surface area contributed by atoms with E-state index in [0.717, 1.165) is 16.7 Å². The van der Waals surface area contributed by atoms with Crippen LogP contribution in [0.25, 0.3) is 5.70 Å². The number of carbonyl (C=O) groups is 1. The Morgan fingerprint density at radius 3 is 2.33 bits per heavy atom. The van der Waals surface area contributed by atoms with Crippen molar-refractivity contribution in [2.45, 2.75) is 19.6 Å². The van der Waals surface area contributed by atoms with E-state index in [1.807, 2.05) is 85.8 Å². The van der Waals surface area contributed by atoms with Crippen LogP contribution in [0, 0.1) is 0 Å². The van der Waals surface area contributed by atoms with Crippen LogP contribution in [0.1, 0.15) is 29.7 Å². The average Bonchev–Trinajstić information content (AvgIpc) is 2.84. The second-order valence-electron chi connectivity index (χ2n) is 7.46. The monoisotopic (exact) mass is 459 g/mol. The van der Waals surface area contributed by atoms with Gasteiger partial charge in [0, 0.05) is 0 Å². The Labute approximate surface area is 198 Å². The van der Waals surface area contributed by atoms with Crippen LogP contribution >= 0.6 is 12.2 Å². The number of hydrogen-bond acceptors (Lipinski definition) is 4. The van der Waals surface area contributed by atoms with Gasteiger partial charge in [0.15, 0.2) is 16.6 Å². The fourth-order valence-corrected chi connectivity index (χ4v) is 3.96. The number of thiocarbonyl (C=S) groups is 1. The summed E-state index contributed by atoms with van der Waals surface area (Å²) >= 11 is 5.44. The van der Waals surface area contributed by atoms with Crippen molar-refractivity contribution in [3.05, 3.63) is 101 Å².